The molecule has 1 N–H and O–H groups in total. The van der Waals surface area contributed by atoms with Gasteiger partial charge in [-0.2, -0.15) is 0 Å². The molecule has 0 unspecified atom stereocenters. The molecular weight excluding hydrogens is 318 g/mol. The second kappa shape index (κ2) is 8.99. The lowest BCUT2D eigenvalue weighted by molar-refractivity contribution is 0.0526. The van der Waals surface area contributed by atoms with Crippen molar-refractivity contribution in [1.29, 1.82) is 0 Å². The molecule has 0 bridgehead atoms. The minimum absolute atomic E-state index is 0.162. The van der Waals surface area contributed by atoms with Crippen molar-refractivity contribution < 1.29 is 19.1 Å². The third-order valence-corrected chi connectivity index (χ3v) is 3.43. The Morgan fingerprint density at radius 3 is 2.40 bits per heavy atom. The van der Waals surface area contributed by atoms with Gasteiger partial charge in [0.25, 0.3) is 5.91 Å². The standard InChI is InChI=1S/C20H23NO4/c1-4-24-20(23)17-6-5-7-18(12-17)21-19(22)16-10-8-15(9-11-16)13-25-14(2)3/h5-12,14H,4,13H2,1-3H3,(H,21,22). The fourth-order valence-electron chi connectivity index (χ4n) is 2.16. The van der Waals surface area contributed by atoms with Crippen LogP contribution in [-0.4, -0.2) is 24.6 Å². The maximum atomic E-state index is 12.3. The normalized spacial score (nSPS) is 10.6. The number of ether oxygens (including phenoxy) is 2. The molecule has 25 heavy (non-hydrogen) atoms. The maximum Gasteiger partial charge on any atom is 0.338 e. The van der Waals surface area contributed by atoms with E-state index in [2.05, 4.69) is 5.32 Å². The highest BCUT2D eigenvalue weighted by molar-refractivity contribution is 6.04. The van der Waals surface area contributed by atoms with Gasteiger partial charge in [-0.3, -0.25) is 4.79 Å². The molecule has 2 aromatic rings. The highest BCUT2D eigenvalue weighted by Crippen LogP contribution is 2.14. The van der Waals surface area contributed by atoms with Crippen LogP contribution in [0.25, 0.3) is 0 Å². The molecule has 0 saturated carbocycles. The van der Waals surface area contributed by atoms with Crippen molar-refractivity contribution >= 4 is 17.6 Å². The lowest BCUT2D eigenvalue weighted by Crippen LogP contribution is -2.13. The van der Waals surface area contributed by atoms with E-state index < -0.39 is 5.97 Å². The number of rotatable bonds is 7. The van der Waals surface area contributed by atoms with Gasteiger partial charge in [0, 0.05) is 11.3 Å². The smallest absolute Gasteiger partial charge is 0.338 e. The number of anilines is 1. The fraction of sp³-hybridized carbons (Fsp3) is 0.300. The zero-order valence-corrected chi connectivity index (χ0v) is 14.7. The van der Waals surface area contributed by atoms with Gasteiger partial charge in [-0.05, 0) is 56.7 Å². The molecule has 0 saturated heterocycles. The Labute approximate surface area is 148 Å². The monoisotopic (exact) mass is 341 g/mol. The summed E-state index contributed by atoms with van der Waals surface area (Å²) in [5, 5.41) is 2.79. The van der Waals surface area contributed by atoms with Crippen molar-refractivity contribution in [2.75, 3.05) is 11.9 Å². The molecule has 0 fully saturated rings. The van der Waals surface area contributed by atoms with Crippen LogP contribution in [-0.2, 0) is 16.1 Å². The first-order chi connectivity index (χ1) is 12.0. The first-order valence-electron chi connectivity index (χ1n) is 8.28. The van der Waals surface area contributed by atoms with Gasteiger partial charge in [-0.1, -0.05) is 18.2 Å². The highest BCUT2D eigenvalue weighted by atomic mass is 16.5. The average Bonchev–Trinajstić information content (AvgIpc) is 2.61. The molecule has 2 rings (SSSR count). The highest BCUT2D eigenvalue weighted by Gasteiger charge is 2.10. The molecule has 0 radical (unpaired) electrons. The van der Waals surface area contributed by atoms with E-state index in [9.17, 15) is 9.59 Å². The van der Waals surface area contributed by atoms with Crippen molar-refractivity contribution in [3.8, 4) is 0 Å². The molecule has 0 aliphatic carbocycles. The van der Waals surface area contributed by atoms with Gasteiger partial charge < -0.3 is 14.8 Å². The Bertz CT molecular complexity index is 723. The number of hydrogen-bond donors (Lipinski definition) is 1. The second-order valence-corrected chi connectivity index (χ2v) is 5.81. The van der Waals surface area contributed by atoms with Crippen LogP contribution in [0.5, 0.6) is 0 Å². The number of carbonyl (C=O) groups excluding carboxylic acids is 2. The summed E-state index contributed by atoms with van der Waals surface area (Å²) in [6.45, 7) is 6.53. The Kier molecular flexibility index (Phi) is 6.71. The lowest BCUT2D eigenvalue weighted by atomic mass is 10.1. The third kappa shape index (κ3) is 5.72. The minimum atomic E-state index is -0.409. The topological polar surface area (TPSA) is 64.6 Å². The van der Waals surface area contributed by atoms with Gasteiger partial charge in [0.2, 0.25) is 0 Å². The minimum Gasteiger partial charge on any atom is -0.462 e. The van der Waals surface area contributed by atoms with Crippen molar-refractivity contribution in [1.82, 2.24) is 0 Å². The average molecular weight is 341 g/mol. The van der Waals surface area contributed by atoms with Crippen molar-refractivity contribution in [3.63, 3.8) is 0 Å². The summed E-state index contributed by atoms with van der Waals surface area (Å²) < 4.78 is 10.5. The molecular formula is C20H23NO4. The molecule has 0 spiro atoms. The quantitative estimate of drug-likeness (QED) is 0.772. The summed E-state index contributed by atoms with van der Waals surface area (Å²) in [5.74, 6) is -0.648. The molecule has 0 atom stereocenters. The zero-order valence-electron chi connectivity index (χ0n) is 14.7. The van der Waals surface area contributed by atoms with Crippen LogP contribution in [0, 0.1) is 0 Å². The molecule has 2 aromatic carbocycles. The number of esters is 1. The van der Waals surface area contributed by atoms with Crippen molar-refractivity contribution in [2.24, 2.45) is 0 Å². The summed E-state index contributed by atoms with van der Waals surface area (Å²) in [6.07, 6.45) is 0.162. The van der Waals surface area contributed by atoms with Crippen molar-refractivity contribution in [3.05, 3.63) is 65.2 Å². The molecule has 0 aliphatic rings. The third-order valence-electron chi connectivity index (χ3n) is 3.43. The van der Waals surface area contributed by atoms with E-state index >= 15 is 0 Å². The summed E-state index contributed by atoms with van der Waals surface area (Å²) in [5.41, 5.74) is 2.49. The Morgan fingerprint density at radius 1 is 1.04 bits per heavy atom. The number of benzene rings is 2. The van der Waals surface area contributed by atoms with Gasteiger partial charge in [0.15, 0.2) is 0 Å². The largest absolute Gasteiger partial charge is 0.462 e. The molecule has 132 valence electrons. The fourth-order valence-corrected chi connectivity index (χ4v) is 2.16. The molecule has 5 heteroatoms. The molecule has 1 amide bonds. The summed E-state index contributed by atoms with van der Waals surface area (Å²) in [4.78, 5) is 24.1. The van der Waals surface area contributed by atoms with E-state index in [1.807, 2.05) is 26.0 Å². The SMILES string of the molecule is CCOC(=O)c1cccc(NC(=O)c2ccc(COC(C)C)cc2)c1. The first-order valence-corrected chi connectivity index (χ1v) is 8.28. The summed E-state index contributed by atoms with van der Waals surface area (Å²) >= 11 is 0. The molecule has 0 heterocycles. The van der Waals surface area contributed by atoms with Gasteiger partial charge in [-0.25, -0.2) is 4.79 Å². The predicted octanol–water partition coefficient (Wildman–Crippen LogP) is 4.04. The number of nitrogens with one attached hydrogen (secondary N) is 1. The van der Waals surface area contributed by atoms with Gasteiger partial charge in [0.1, 0.15) is 0 Å². The van der Waals surface area contributed by atoms with Gasteiger partial charge >= 0.3 is 5.97 Å². The van der Waals surface area contributed by atoms with Gasteiger partial charge in [0.05, 0.1) is 24.9 Å². The Balaban J connectivity index is 2.02. The van der Waals surface area contributed by atoms with Crippen LogP contribution in [0.2, 0.25) is 0 Å². The van der Waals surface area contributed by atoms with Crippen LogP contribution in [0.1, 0.15) is 47.1 Å². The van der Waals surface area contributed by atoms with Crippen LogP contribution >= 0.6 is 0 Å². The van der Waals surface area contributed by atoms with Gasteiger partial charge in [-0.15, -0.1) is 0 Å². The Morgan fingerprint density at radius 2 is 1.76 bits per heavy atom. The molecule has 5 nitrogen and oxygen atoms in total. The zero-order chi connectivity index (χ0) is 18.2. The summed E-state index contributed by atoms with van der Waals surface area (Å²) in [6, 6.07) is 13.9. The molecule has 0 aromatic heterocycles. The van der Waals surface area contributed by atoms with E-state index in [0.717, 1.165) is 5.56 Å². The van der Waals surface area contributed by atoms with Crippen LogP contribution in [0.4, 0.5) is 5.69 Å². The van der Waals surface area contributed by atoms with E-state index in [1.54, 1.807) is 43.3 Å². The maximum absolute atomic E-state index is 12.3. The molecule has 0 aliphatic heterocycles. The first kappa shape index (κ1) is 18.7. The summed E-state index contributed by atoms with van der Waals surface area (Å²) in [7, 11) is 0. The second-order valence-electron chi connectivity index (χ2n) is 5.81. The van der Waals surface area contributed by atoms with Crippen LogP contribution in [0.3, 0.4) is 0 Å². The Hall–Kier alpha value is -2.66. The number of amides is 1. The van der Waals surface area contributed by atoms with E-state index in [0.29, 0.717) is 30.0 Å². The number of carbonyl (C=O) groups is 2. The predicted molar refractivity (Wildman–Crippen MR) is 96.7 cm³/mol. The van der Waals surface area contributed by atoms with E-state index in [4.69, 9.17) is 9.47 Å². The number of hydrogen-bond acceptors (Lipinski definition) is 4. The lowest BCUT2D eigenvalue weighted by Gasteiger charge is -2.09. The van der Waals surface area contributed by atoms with Crippen LogP contribution < -0.4 is 5.32 Å². The van der Waals surface area contributed by atoms with Crippen molar-refractivity contribution in [2.45, 2.75) is 33.5 Å². The van der Waals surface area contributed by atoms with E-state index in [1.165, 1.54) is 0 Å². The van der Waals surface area contributed by atoms with Crippen LogP contribution in [0.15, 0.2) is 48.5 Å². The van der Waals surface area contributed by atoms with E-state index in [-0.39, 0.29) is 12.0 Å².